The molecule has 0 aliphatic carbocycles. The summed E-state index contributed by atoms with van der Waals surface area (Å²) in [7, 11) is 0. The zero-order chi connectivity index (χ0) is 14.0. The number of benzene rings is 2. The fourth-order valence-electron chi connectivity index (χ4n) is 1.47. The Kier molecular flexibility index (Phi) is 3.80. The predicted molar refractivity (Wildman–Crippen MR) is 70.1 cm³/mol. The third-order valence-electron chi connectivity index (χ3n) is 2.38. The molecule has 0 saturated carbocycles. The Bertz CT molecular complexity index is 647. The Labute approximate surface area is 116 Å². The molecular formula is C13H8BrF2NO2. The first kappa shape index (κ1) is 13.5. The third-order valence-corrected chi connectivity index (χ3v) is 2.99. The topological polar surface area (TPSA) is 49.3 Å². The van der Waals surface area contributed by atoms with Crippen LogP contribution in [0.25, 0.3) is 0 Å². The maximum absolute atomic E-state index is 13.0. The highest BCUT2D eigenvalue weighted by molar-refractivity contribution is 9.10. The number of carbonyl (C=O) groups excluding carboxylic acids is 1. The molecule has 0 saturated heterocycles. The zero-order valence-electron chi connectivity index (χ0n) is 9.45. The van der Waals surface area contributed by atoms with Crippen molar-refractivity contribution in [2.45, 2.75) is 0 Å². The highest BCUT2D eigenvalue weighted by Crippen LogP contribution is 2.22. The van der Waals surface area contributed by atoms with Crippen LogP contribution in [0, 0.1) is 11.6 Å². The van der Waals surface area contributed by atoms with Crippen LogP contribution in [0.1, 0.15) is 10.4 Å². The quantitative estimate of drug-likeness (QED) is 0.883. The lowest BCUT2D eigenvalue weighted by Gasteiger charge is -2.07. The van der Waals surface area contributed by atoms with Crippen molar-refractivity contribution >= 4 is 27.5 Å². The number of aromatic hydroxyl groups is 1. The number of hydrogen-bond acceptors (Lipinski definition) is 2. The minimum absolute atomic E-state index is 0.0677. The SMILES string of the molecule is O=C(Nc1ccc(F)c(Br)c1)c1ccc(F)cc1O. The van der Waals surface area contributed by atoms with Crippen LogP contribution in [0.5, 0.6) is 5.75 Å². The Morgan fingerprint density at radius 3 is 2.53 bits per heavy atom. The minimum atomic E-state index is -0.640. The van der Waals surface area contributed by atoms with Crippen LogP contribution >= 0.6 is 15.9 Å². The van der Waals surface area contributed by atoms with Gasteiger partial charge >= 0.3 is 0 Å². The third kappa shape index (κ3) is 3.08. The molecule has 0 bridgehead atoms. The fraction of sp³-hybridized carbons (Fsp3) is 0. The van der Waals surface area contributed by atoms with E-state index in [1.54, 1.807) is 0 Å². The average molecular weight is 328 g/mol. The Hall–Kier alpha value is -1.95. The van der Waals surface area contributed by atoms with Gasteiger partial charge in [-0.1, -0.05) is 0 Å². The van der Waals surface area contributed by atoms with Crippen LogP contribution in [0.2, 0.25) is 0 Å². The molecule has 0 atom stereocenters. The molecule has 19 heavy (non-hydrogen) atoms. The summed E-state index contributed by atoms with van der Waals surface area (Å²) >= 11 is 2.99. The summed E-state index contributed by atoms with van der Waals surface area (Å²) in [5.41, 5.74) is 0.281. The lowest BCUT2D eigenvalue weighted by molar-refractivity contribution is 0.102. The number of phenolic OH excluding ortho intramolecular Hbond substituents is 1. The molecule has 0 spiro atoms. The molecule has 0 unspecified atom stereocenters. The lowest BCUT2D eigenvalue weighted by Crippen LogP contribution is -2.12. The van der Waals surface area contributed by atoms with Crippen molar-refractivity contribution in [3.8, 4) is 5.75 Å². The van der Waals surface area contributed by atoms with Crippen molar-refractivity contribution in [3.05, 3.63) is 58.1 Å². The standard InChI is InChI=1S/C13H8BrF2NO2/c14-10-6-8(2-4-11(10)16)17-13(19)9-3-1-7(15)5-12(9)18/h1-6,18H,(H,17,19). The van der Waals surface area contributed by atoms with Gasteiger partial charge in [-0.25, -0.2) is 8.78 Å². The van der Waals surface area contributed by atoms with Crippen LogP contribution in [-0.4, -0.2) is 11.0 Å². The first-order valence-electron chi connectivity index (χ1n) is 5.22. The fourth-order valence-corrected chi connectivity index (χ4v) is 1.85. The van der Waals surface area contributed by atoms with Crippen LogP contribution in [0.4, 0.5) is 14.5 Å². The molecule has 6 heteroatoms. The van der Waals surface area contributed by atoms with Gasteiger partial charge in [-0.2, -0.15) is 0 Å². The number of anilines is 1. The van der Waals surface area contributed by atoms with Gasteiger partial charge in [0, 0.05) is 11.8 Å². The molecule has 98 valence electrons. The van der Waals surface area contributed by atoms with E-state index < -0.39 is 23.3 Å². The van der Waals surface area contributed by atoms with Gasteiger partial charge in [0.25, 0.3) is 5.91 Å². The van der Waals surface area contributed by atoms with Gasteiger partial charge in [0.1, 0.15) is 17.4 Å². The maximum atomic E-state index is 13.0. The van der Waals surface area contributed by atoms with Gasteiger partial charge < -0.3 is 10.4 Å². The molecule has 2 rings (SSSR count). The summed E-state index contributed by atoms with van der Waals surface area (Å²) < 4.78 is 26.0. The summed E-state index contributed by atoms with van der Waals surface area (Å²) in [6.07, 6.45) is 0. The highest BCUT2D eigenvalue weighted by Gasteiger charge is 2.12. The average Bonchev–Trinajstić information content (AvgIpc) is 2.33. The van der Waals surface area contributed by atoms with Gasteiger partial charge in [0.2, 0.25) is 0 Å². The summed E-state index contributed by atoms with van der Waals surface area (Å²) in [4.78, 5) is 11.8. The van der Waals surface area contributed by atoms with Crippen molar-refractivity contribution in [2.24, 2.45) is 0 Å². The largest absolute Gasteiger partial charge is 0.507 e. The number of phenols is 1. The van der Waals surface area contributed by atoms with E-state index in [1.807, 2.05) is 0 Å². The van der Waals surface area contributed by atoms with E-state index in [1.165, 1.54) is 24.3 Å². The number of hydrogen-bond donors (Lipinski definition) is 2. The van der Waals surface area contributed by atoms with E-state index in [0.29, 0.717) is 5.69 Å². The highest BCUT2D eigenvalue weighted by atomic mass is 79.9. The van der Waals surface area contributed by atoms with E-state index in [-0.39, 0.29) is 10.0 Å². The van der Waals surface area contributed by atoms with Gasteiger partial charge in [-0.3, -0.25) is 4.79 Å². The number of amides is 1. The summed E-state index contributed by atoms with van der Waals surface area (Å²) in [5.74, 6) is -2.17. The summed E-state index contributed by atoms with van der Waals surface area (Å²) in [6.45, 7) is 0. The van der Waals surface area contributed by atoms with Crippen LogP contribution in [0.3, 0.4) is 0 Å². The monoisotopic (exact) mass is 327 g/mol. The number of halogens is 3. The second-order valence-corrected chi connectivity index (χ2v) is 4.60. The van der Waals surface area contributed by atoms with E-state index >= 15 is 0 Å². The molecule has 0 radical (unpaired) electrons. The van der Waals surface area contributed by atoms with Gasteiger partial charge in [-0.05, 0) is 46.3 Å². The maximum Gasteiger partial charge on any atom is 0.259 e. The van der Waals surface area contributed by atoms with Crippen LogP contribution in [-0.2, 0) is 0 Å². The van der Waals surface area contributed by atoms with Gasteiger partial charge in [-0.15, -0.1) is 0 Å². The second kappa shape index (κ2) is 5.36. The normalized spacial score (nSPS) is 10.3. The second-order valence-electron chi connectivity index (χ2n) is 3.74. The van der Waals surface area contributed by atoms with E-state index in [0.717, 1.165) is 12.1 Å². The predicted octanol–water partition coefficient (Wildman–Crippen LogP) is 3.69. The molecule has 0 fully saturated rings. The molecule has 2 N–H and O–H groups in total. The molecular weight excluding hydrogens is 320 g/mol. The van der Waals surface area contributed by atoms with Crippen LogP contribution < -0.4 is 5.32 Å². The number of carbonyl (C=O) groups is 1. The molecule has 0 aliphatic rings. The van der Waals surface area contributed by atoms with Gasteiger partial charge in [0.15, 0.2) is 0 Å². The van der Waals surface area contributed by atoms with Crippen molar-refractivity contribution in [3.63, 3.8) is 0 Å². The van der Waals surface area contributed by atoms with Gasteiger partial charge in [0.05, 0.1) is 10.0 Å². The molecule has 1 amide bonds. The Balaban J connectivity index is 2.23. The van der Waals surface area contributed by atoms with Crippen molar-refractivity contribution < 1.29 is 18.7 Å². The summed E-state index contributed by atoms with van der Waals surface area (Å²) in [5, 5.41) is 11.9. The smallest absolute Gasteiger partial charge is 0.259 e. The van der Waals surface area contributed by atoms with E-state index in [4.69, 9.17) is 0 Å². The van der Waals surface area contributed by atoms with E-state index in [2.05, 4.69) is 21.2 Å². The molecule has 3 nitrogen and oxygen atoms in total. The van der Waals surface area contributed by atoms with E-state index in [9.17, 15) is 18.7 Å². The zero-order valence-corrected chi connectivity index (χ0v) is 11.0. The first-order valence-corrected chi connectivity index (χ1v) is 6.01. The molecule has 0 aliphatic heterocycles. The van der Waals surface area contributed by atoms with Crippen molar-refractivity contribution in [1.29, 1.82) is 0 Å². The summed E-state index contributed by atoms with van der Waals surface area (Å²) in [6, 6.07) is 7.01. The van der Waals surface area contributed by atoms with Crippen molar-refractivity contribution in [2.75, 3.05) is 5.32 Å². The minimum Gasteiger partial charge on any atom is -0.507 e. The molecule has 0 heterocycles. The molecule has 2 aromatic rings. The number of nitrogens with one attached hydrogen (secondary N) is 1. The lowest BCUT2D eigenvalue weighted by atomic mass is 10.2. The van der Waals surface area contributed by atoms with Crippen LogP contribution in [0.15, 0.2) is 40.9 Å². The Morgan fingerprint density at radius 2 is 1.89 bits per heavy atom. The van der Waals surface area contributed by atoms with Crippen molar-refractivity contribution in [1.82, 2.24) is 0 Å². The number of rotatable bonds is 2. The molecule has 2 aromatic carbocycles. The molecule has 0 aromatic heterocycles. The first-order chi connectivity index (χ1) is 8.97. The Morgan fingerprint density at radius 1 is 1.16 bits per heavy atom.